The molecule has 0 saturated heterocycles. The van der Waals surface area contributed by atoms with Crippen LogP contribution < -0.4 is 9.47 Å². The van der Waals surface area contributed by atoms with Crippen molar-refractivity contribution in [3.05, 3.63) is 66.0 Å². The van der Waals surface area contributed by atoms with E-state index < -0.39 is 0 Å². The summed E-state index contributed by atoms with van der Waals surface area (Å²) in [5.74, 6) is 1.80. The minimum atomic E-state index is 0.452. The monoisotopic (exact) mass is 308 g/mol. The van der Waals surface area contributed by atoms with Gasteiger partial charge in [-0.05, 0) is 29.3 Å². The Morgan fingerprint density at radius 1 is 1.13 bits per heavy atom. The Bertz CT molecular complexity index is 771. The smallest absolute Gasteiger partial charge is 0.245 e. The topological polar surface area (TPSA) is 72.4 Å². The fourth-order valence-corrected chi connectivity index (χ4v) is 2.02. The summed E-state index contributed by atoms with van der Waals surface area (Å²) in [6.45, 7) is 0.489. The number of methoxy groups -OCH3 is 1. The summed E-state index contributed by atoms with van der Waals surface area (Å²) in [5.41, 5.74) is 1.98. The number of nitrogens with zero attached hydrogens (tertiary/aromatic N) is 3. The summed E-state index contributed by atoms with van der Waals surface area (Å²) in [6.07, 6.45) is 3.10. The maximum atomic E-state index is 5.82. The van der Waals surface area contributed by atoms with Crippen LogP contribution >= 0.6 is 0 Å². The molecule has 0 saturated carbocycles. The number of benzene rings is 2. The number of H-pyrrole nitrogens is 1. The lowest BCUT2D eigenvalue weighted by Gasteiger charge is -2.11. The zero-order chi connectivity index (χ0) is 15.9. The maximum absolute atomic E-state index is 5.82. The van der Waals surface area contributed by atoms with Gasteiger partial charge in [-0.25, -0.2) is 10.1 Å². The van der Waals surface area contributed by atoms with Crippen molar-refractivity contribution in [3.8, 4) is 11.5 Å². The molecular weight excluding hydrogens is 292 g/mol. The van der Waals surface area contributed by atoms with E-state index in [0.29, 0.717) is 24.1 Å². The van der Waals surface area contributed by atoms with Crippen molar-refractivity contribution in [2.24, 2.45) is 4.99 Å². The van der Waals surface area contributed by atoms with Crippen LogP contribution in [-0.2, 0) is 6.61 Å². The third kappa shape index (κ3) is 3.94. The van der Waals surface area contributed by atoms with Crippen molar-refractivity contribution < 1.29 is 9.47 Å². The number of rotatable bonds is 6. The summed E-state index contributed by atoms with van der Waals surface area (Å²) >= 11 is 0. The van der Waals surface area contributed by atoms with E-state index in [4.69, 9.17) is 9.47 Å². The molecule has 1 N–H and O–H groups in total. The van der Waals surface area contributed by atoms with Crippen LogP contribution in [0, 0.1) is 0 Å². The lowest BCUT2D eigenvalue weighted by Crippen LogP contribution is -1.98. The van der Waals surface area contributed by atoms with Crippen molar-refractivity contribution in [3.63, 3.8) is 0 Å². The number of hydrogen-bond acceptors (Lipinski definition) is 5. The molecule has 1 aromatic heterocycles. The van der Waals surface area contributed by atoms with Gasteiger partial charge < -0.3 is 9.47 Å². The van der Waals surface area contributed by atoms with Gasteiger partial charge in [0.05, 0.1) is 7.11 Å². The lowest BCUT2D eigenvalue weighted by atomic mass is 10.2. The van der Waals surface area contributed by atoms with Gasteiger partial charge in [0.25, 0.3) is 0 Å². The first-order chi connectivity index (χ1) is 11.3. The highest BCUT2D eigenvalue weighted by Gasteiger charge is 2.05. The second-order valence-electron chi connectivity index (χ2n) is 4.75. The molecule has 0 aliphatic heterocycles. The van der Waals surface area contributed by atoms with Gasteiger partial charge in [0.2, 0.25) is 5.95 Å². The van der Waals surface area contributed by atoms with Crippen LogP contribution in [0.25, 0.3) is 0 Å². The van der Waals surface area contributed by atoms with Gasteiger partial charge in [-0.2, -0.15) is 10.1 Å². The van der Waals surface area contributed by atoms with E-state index in [9.17, 15) is 0 Å². The van der Waals surface area contributed by atoms with E-state index in [-0.39, 0.29) is 0 Å². The molecule has 0 spiro atoms. The van der Waals surface area contributed by atoms with Crippen LogP contribution in [0.5, 0.6) is 11.5 Å². The maximum Gasteiger partial charge on any atom is 0.245 e. The summed E-state index contributed by atoms with van der Waals surface area (Å²) in [5, 5.41) is 6.41. The van der Waals surface area contributed by atoms with Crippen molar-refractivity contribution in [1.29, 1.82) is 0 Å². The van der Waals surface area contributed by atoms with E-state index in [1.807, 2.05) is 48.5 Å². The molecule has 1 heterocycles. The Kier molecular flexibility index (Phi) is 4.63. The first-order valence-electron chi connectivity index (χ1n) is 7.09. The number of aromatic amines is 1. The van der Waals surface area contributed by atoms with Crippen LogP contribution in [0.2, 0.25) is 0 Å². The molecule has 0 amide bonds. The SMILES string of the molecule is COc1cc(C=Nc2ncn[nH]2)ccc1OCc1ccccc1. The van der Waals surface area contributed by atoms with E-state index in [1.165, 1.54) is 6.33 Å². The molecule has 0 radical (unpaired) electrons. The predicted octanol–water partition coefficient (Wildman–Crippen LogP) is 3.14. The minimum absolute atomic E-state index is 0.452. The van der Waals surface area contributed by atoms with Crippen molar-refractivity contribution in [2.75, 3.05) is 7.11 Å². The fraction of sp³-hybridized carbons (Fsp3) is 0.118. The Labute approximate surface area is 133 Å². The first kappa shape index (κ1) is 14.8. The Morgan fingerprint density at radius 2 is 2.00 bits per heavy atom. The van der Waals surface area contributed by atoms with Gasteiger partial charge in [-0.1, -0.05) is 30.3 Å². The van der Waals surface area contributed by atoms with Gasteiger partial charge in [0, 0.05) is 6.21 Å². The average molecular weight is 308 g/mol. The molecule has 6 heteroatoms. The quantitative estimate of drug-likeness (QED) is 0.710. The van der Waals surface area contributed by atoms with Gasteiger partial charge in [0.15, 0.2) is 11.5 Å². The molecule has 23 heavy (non-hydrogen) atoms. The first-order valence-corrected chi connectivity index (χ1v) is 7.09. The molecule has 3 aromatic rings. The molecule has 0 aliphatic carbocycles. The predicted molar refractivity (Wildman–Crippen MR) is 87.4 cm³/mol. The average Bonchev–Trinajstić information content (AvgIpc) is 3.13. The van der Waals surface area contributed by atoms with E-state index in [0.717, 1.165) is 11.1 Å². The summed E-state index contributed by atoms with van der Waals surface area (Å²) < 4.78 is 11.2. The highest BCUT2D eigenvalue weighted by molar-refractivity contribution is 5.82. The van der Waals surface area contributed by atoms with E-state index in [2.05, 4.69) is 20.2 Å². The van der Waals surface area contributed by atoms with Gasteiger partial charge >= 0.3 is 0 Å². The summed E-state index contributed by atoms with van der Waals surface area (Å²) in [6, 6.07) is 15.6. The number of hydrogen-bond donors (Lipinski definition) is 1. The Balaban J connectivity index is 1.72. The molecule has 2 aromatic carbocycles. The highest BCUT2D eigenvalue weighted by Crippen LogP contribution is 2.28. The van der Waals surface area contributed by atoms with Gasteiger partial charge in [-0.15, -0.1) is 0 Å². The van der Waals surface area contributed by atoms with Crippen LogP contribution in [0.4, 0.5) is 5.95 Å². The second-order valence-corrected chi connectivity index (χ2v) is 4.75. The zero-order valence-corrected chi connectivity index (χ0v) is 12.6. The molecule has 0 unspecified atom stereocenters. The molecule has 3 rings (SSSR count). The van der Waals surface area contributed by atoms with Gasteiger partial charge in [0.1, 0.15) is 12.9 Å². The van der Waals surface area contributed by atoms with Crippen molar-refractivity contribution in [2.45, 2.75) is 6.61 Å². The third-order valence-corrected chi connectivity index (χ3v) is 3.16. The molecule has 0 aliphatic rings. The molecular formula is C17H16N4O2. The summed E-state index contributed by atoms with van der Waals surface area (Å²) in [7, 11) is 1.61. The molecule has 0 bridgehead atoms. The van der Waals surface area contributed by atoms with Crippen molar-refractivity contribution >= 4 is 12.2 Å². The van der Waals surface area contributed by atoms with Crippen LogP contribution in [0.1, 0.15) is 11.1 Å². The van der Waals surface area contributed by atoms with Crippen molar-refractivity contribution in [1.82, 2.24) is 15.2 Å². The molecule has 116 valence electrons. The van der Waals surface area contributed by atoms with E-state index in [1.54, 1.807) is 13.3 Å². The highest BCUT2D eigenvalue weighted by atomic mass is 16.5. The number of ether oxygens (including phenoxy) is 2. The van der Waals surface area contributed by atoms with Gasteiger partial charge in [-0.3, -0.25) is 0 Å². The number of aromatic nitrogens is 3. The second kappa shape index (κ2) is 7.22. The normalized spacial score (nSPS) is 10.8. The molecule has 0 atom stereocenters. The molecule has 6 nitrogen and oxygen atoms in total. The molecule has 0 fully saturated rings. The lowest BCUT2D eigenvalue weighted by molar-refractivity contribution is 0.284. The fourth-order valence-electron chi connectivity index (χ4n) is 2.02. The largest absolute Gasteiger partial charge is 0.493 e. The number of aliphatic imine (C=N–C) groups is 1. The Hall–Kier alpha value is -3.15. The number of nitrogens with one attached hydrogen (secondary N) is 1. The standard InChI is InChI=1S/C17H16N4O2/c1-22-16-9-14(10-18-17-19-12-20-21-17)7-8-15(16)23-11-13-5-3-2-4-6-13/h2-10,12H,11H2,1H3,(H,19,20,21). The third-order valence-electron chi connectivity index (χ3n) is 3.16. The minimum Gasteiger partial charge on any atom is -0.493 e. The zero-order valence-electron chi connectivity index (χ0n) is 12.6. The van der Waals surface area contributed by atoms with E-state index >= 15 is 0 Å². The summed E-state index contributed by atoms with van der Waals surface area (Å²) in [4.78, 5) is 8.12. The van der Waals surface area contributed by atoms with Crippen LogP contribution in [0.15, 0.2) is 59.9 Å². The Morgan fingerprint density at radius 3 is 2.74 bits per heavy atom. The van der Waals surface area contributed by atoms with Crippen LogP contribution in [0.3, 0.4) is 0 Å². The van der Waals surface area contributed by atoms with Crippen LogP contribution in [-0.4, -0.2) is 28.5 Å².